The fourth-order valence-electron chi connectivity index (χ4n) is 3.01. The third-order valence-corrected chi connectivity index (χ3v) is 4.15. The topological polar surface area (TPSA) is 55.4 Å². The SMILES string of the molecule is c1cc2cc3c(cc2c(NC2CCCCNC2)n1)OCO3. The van der Waals surface area contributed by atoms with Gasteiger partial charge >= 0.3 is 0 Å². The van der Waals surface area contributed by atoms with Crippen molar-refractivity contribution in [3.8, 4) is 11.5 Å². The molecule has 1 unspecified atom stereocenters. The van der Waals surface area contributed by atoms with Gasteiger partial charge in [0.2, 0.25) is 6.79 Å². The molecule has 0 spiro atoms. The van der Waals surface area contributed by atoms with Crippen molar-refractivity contribution in [2.24, 2.45) is 0 Å². The number of benzene rings is 1. The predicted octanol–water partition coefficient (Wildman–Crippen LogP) is 2.52. The molecule has 4 rings (SSSR count). The van der Waals surface area contributed by atoms with Crippen LogP contribution in [0.3, 0.4) is 0 Å². The van der Waals surface area contributed by atoms with Gasteiger partial charge in [-0.05, 0) is 43.0 Å². The summed E-state index contributed by atoms with van der Waals surface area (Å²) in [4.78, 5) is 4.52. The molecular formula is C16H19N3O2. The molecule has 1 aromatic carbocycles. The smallest absolute Gasteiger partial charge is 0.231 e. The maximum Gasteiger partial charge on any atom is 0.231 e. The Bertz CT molecular complexity index is 651. The zero-order valence-corrected chi connectivity index (χ0v) is 11.9. The molecule has 1 aromatic heterocycles. The maximum atomic E-state index is 5.48. The normalized spacial score (nSPS) is 21.2. The van der Waals surface area contributed by atoms with Crippen molar-refractivity contribution in [1.82, 2.24) is 10.3 Å². The summed E-state index contributed by atoms with van der Waals surface area (Å²) in [7, 11) is 0. The number of hydrogen-bond donors (Lipinski definition) is 2. The lowest BCUT2D eigenvalue weighted by Gasteiger charge is -2.18. The van der Waals surface area contributed by atoms with Crippen molar-refractivity contribution >= 4 is 16.6 Å². The second-order valence-corrected chi connectivity index (χ2v) is 5.63. The van der Waals surface area contributed by atoms with E-state index in [-0.39, 0.29) is 0 Å². The Kier molecular flexibility index (Phi) is 3.27. The number of pyridine rings is 1. The third kappa shape index (κ3) is 2.49. The molecule has 1 saturated heterocycles. The van der Waals surface area contributed by atoms with Gasteiger partial charge in [-0.25, -0.2) is 4.98 Å². The van der Waals surface area contributed by atoms with Crippen LogP contribution < -0.4 is 20.1 Å². The Morgan fingerprint density at radius 3 is 3.05 bits per heavy atom. The summed E-state index contributed by atoms with van der Waals surface area (Å²) >= 11 is 0. The summed E-state index contributed by atoms with van der Waals surface area (Å²) in [5.41, 5.74) is 0. The number of nitrogens with zero attached hydrogens (tertiary/aromatic N) is 1. The third-order valence-electron chi connectivity index (χ3n) is 4.15. The first-order valence-corrected chi connectivity index (χ1v) is 7.56. The van der Waals surface area contributed by atoms with Crippen LogP contribution in [-0.2, 0) is 0 Å². The maximum absolute atomic E-state index is 5.48. The summed E-state index contributed by atoms with van der Waals surface area (Å²) in [6.07, 6.45) is 5.52. The summed E-state index contributed by atoms with van der Waals surface area (Å²) in [5, 5.41) is 9.27. The molecule has 0 amide bonds. The van der Waals surface area contributed by atoms with Crippen LogP contribution in [0, 0.1) is 0 Å². The van der Waals surface area contributed by atoms with Crippen LogP contribution >= 0.6 is 0 Å². The minimum absolute atomic E-state index is 0.300. The van der Waals surface area contributed by atoms with E-state index in [0.29, 0.717) is 12.8 Å². The van der Waals surface area contributed by atoms with Crippen LogP contribution in [-0.4, -0.2) is 30.9 Å². The first-order chi connectivity index (χ1) is 10.4. The molecule has 1 atom stereocenters. The molecule has 0 aliphatic carbocycles. The van der Waals surface area contributed by atoms with E-state index < -0.39 is 0 Å². The quantitative estimate of drug-likeness (QED) is 0.888. The lowest BCUT2D eigenvalue weighted by Crippen LogP contribution is -2.31. The highest BCUT2D eigenvalue weighted by Gasteiger charge is 2.18. The molecule has 21 heavy (non-hydrogen) atoms. The Hall–Kier alpha value is -2.01. The lowest BCUT2D eigenvalue weighted by atomic mass is 10.1. The molecule has 5 nitrogen and oxygen atoms in total. The van der Waals surface area contributed by atoms with Crippen molar-refractivity contribution in [3.63, 3.8) is 0 Å². The number of rotatable bonds is 2. The number of ether oxygens (including phenoxy) is 2. The minimum Gasteiger partial charge on any atom is -0.454 e. The van der Waals surface area contributed by atoms with E-state index in [2.05, 4.69) is 15.6 Å². The van der Waals surface area contributed by atoms with Gasteiger partial charge < -0.3 is 20.1 Å². The molecule has 2 aromatic rings. The summed E-state index contributed by atoms with van der Waals surface area (Å²) < 4.78 is 10.9. The summed E-state index contributed by atoms with van der Waals surface area (Å²) in [6.45, 7) is 2.40. The van der Waals surface area contributed by atoms with E-state index in [4.69, 9.17) is 9.47 Å². The van der Waals surface area contributed by atoms with Gasteiger partial charge in [0.05, 0.1) is 0 Å². The van der Waals surface area contributed by atoms with E-state index in [9.17, 15) is 0 Å². The number of hydrogen-bond acceptors (Lipinski definition) is 5. The standard InChI is InChI=1S/C16H19N3O2/c1-2-5-17-9-12(3-1)19-16-13-8-15-14(20-10-21-15)7-11(13)4-6-18-16/h4,6-8,12,17H,1-3,5,9-10H2,(H,18,19). The highest BCUT2D eigenvalue weighted by molar-refractivity contribution is 5.94. The average Bonchev–Trinajstić information content (AvgIpc) is 2.80. The van der Waals surface area contributed by atoms with Crippen LogP contribution in [0.25, 0.3) is 10.8 Å². The van der Waals surface area contributed by atoms with Gasteiger partial charge in [0.1, 0.15) is 5.82 Å². The zero-order valence-electron chi connectivity index (χ0n) is 11.9. The largest absolute Gasteiger partial charge is 0.454 e. The predicted molar refractivity (Wildman–Crippen MR) is 82.0 cm³/mol. The number of nitrogens with one attached hydrogen (secondary N) is 2. The van der Waals surface area contributed by atoms with E-state index in [1.165, 1.54) is 19.3 Å². The van der Waals surface area contributed by atoms with E-state index >= 15 is 0 Å². The van der Waals surface area contributed by atoms with Gasteiger partial charge in [-0.3, -0.25) is 0 Å². The summed E-state index contributed by atoms with van der Waals surface area (Å²) in [6, 6.07) is 6.48. The van der Waals surface area contributed by atoms with Crippen molar-refractivity contribution in [3.05, 3.63) is 24.4 Å². The van der Waals surface area contributed by atoms with Crippen LogP contribution in [0.5, 0.6) is 11.5 Å². The average molecular weight is 285 g/mol. The zero-order chi connectivity index (χ0) is 14.1. The Labute approximate surface area is 123 Å². The van der Waals surface area contributed by atoms with E-state index in [0.717, 1.165) is 41.2 Å². The molecule has 2 N–H and O–H groups in total. The fraction of sp³-hybridized carbons (Fsp3) is 0.438. The molecule has 2 aliphatic heterocycles. The first kappa shape index (κ1) is 12.7. The Morgan fingerprint density at radius 1 is 1.19 bits per heavy atom. The monoisotopic (exact) mass is 285 g/mol. The van der Waals surface area contributed by atoms with Crippen molar-refractivity contribution < 1.29 is 9.47 Å². The van der Waals surface area contributed by atoms with Crippen LogP contribution in [0.1, 0.15) is 19.3 Å². The Morgan fingerprint density at radius 2 is 2.10 bits per heavy atom. The highest BCUT2D eigenvalue weighted by Crippen LogP contribution is 2.37. The van der Waals surface area contributed by atoms with Crippen molar-refractivity contribution in [2.45, 2.75) is 25.3 Å². The van der Waals surface area contributed by atoms with Gasteiger partial charge in [-0.2, -0.15) is 0 Å². The molecular weight excluding hydrogens is 266 g/mol. The molecule has 1 fully saturated rings. The van der Waals surface area contributed by atoms with Gasteiger partial charge in [-0.15, -0.1) is 0 Å². The molecule has 0 radical (unpaired) electrons. The Balaban J connectivity index is 1.67. The molecule has 0 saturated carbocycles. The highest BCUT2D eigenvalue weighted by atomic mass is 16.7. The van der Waals surface area contributed by atoms with Gasteiger partial charge in [-0.1, -0.05) is 6.42 Å². The second kappa shape index (κ2) is 5.41. The van der Waals surface area contributed by atoms with Crippen molar-refractivity contribution in [1.29, 1.82) is 0 Å². The minimum atomic E-state index is 0.300. The first-order valence-electron chi connectivity index (χ1n) is 7.56. The lowest BCUT2D eigenvalue weighted by molar-refractivity contribution is 0.174. The summed E-state index contributed by atoms with van der Waals surface area (Å²) in [5.74, 6) is 2.55. The van der Waals surface area contributed by atoms with Crippen LogP contribution in [0.2, 0.25) is 0 Å². The van der Waals surface area contributed by atoms with Gasteiger partial charge in [0.15, 0.2) is 11.5 Å². The number of anilines is 1. The number of aromatic nitrogens is 1. The van der Waals surface area contributed by atoms with Gasteiger partial charge in [0, 0.05) is 24.2 Å². The van der Waals surface area contributed by atoms with E-state index in [1.807, 2.05) is 24.4 Å². The molecule has 3 heterocycles. The second-order valence-electron chi connectivity index (χ2n) is 5.63. The van der Waals surface area contributed by atoms with Crippen LogP contribution in [0.15, 0.2) is 24.4 Å². The van der Waals surface area contributed by atoms with Gasteiger partial charge in [0.25, 0.3) is 0 Å². The molecule has 0 bridgehead atoms. The fourth-order valence-corrected chi connectivity index (χ4v) is 3.01. The molecule has 5 heteroatoms. The van der Waals surface area contributed by atoms with E-state index in [1.54, 1.807) is 0 Å². The molecule has 110 valence electrons. The van der Waals surface area contributed by atoms with Crippen LogP contribution in [0.4, 0.5) is 5.82 Å². The number of fused-ring (bicyclic) bond motifs is 2. The molecule has 2 aliphatic rings. The van der Waals surface area contributed by atoms with Crippen molar-refractivity contribution in [2.75, 3.05) is 25.2 Å².